The number of carboxylic acid groups (broad SMARTS) is 1. The molecule has 19 heavy (non-hydrogen) atoms. The zero-order chi connectivity index (χ0) is 13.8. The quantitative estimate of drug-likeness (QED) is 0.880. The zero-order valence-electron chi connectivity index (χ0n) is 11.0. The number of hydrogen-bond donors (Lipinski definition) is 2. The number of rotatable bonds is 5. The first-order valence-corrected chi connectivity index (χ1v) is 6.96. The van der Waals surface area contributed by atoms with Crippen molar-refractivity contribution in [3.8, 4) is 0 Å². The number of aryl methyl sites for hydroxylation is 2. The Balaban J connectivity index is 2.08. The molecule has 0 aliphatic rings. The standard InChI is InChI=1S/C15H17NO2S/c1-10-8-13(19-11(10)2)9-16-14(15(17)18)12-6-4-3-5-7-12/h3-8,14,16H,9H2,1-2H3,(H,17,18). The van der Waals surface area contributed by atoms with Crippen LogP contribution in [-0.2, 0) is 11.3 Å². The number of carboxylic acids is 1. The molecule has 0 aliphatic carbocycles. The van der Waals surface area contributed by atoms with Gasteiger partial charge in [-0.15, -0.1) is 11.3 Å². The van der Waals surface area contributed by atoms with Crippen LogP contribution >= 0.6 is 11.3 Å². The second-order valence-corrected chi connectivity index (χ2v) is 5.86. The lowest BCUT2D eigenvalue weighted by atomic mass is 10.1. The lowest BCUT2D eigenvalue weighted by Crippen LogP contribution is -2.27. The predicted octanol–water partition coefficient (Wildman–Crippen LogP) is 3.28. The third-order valence-electron chi connectivity index (χ3n) is 3.08. The highest BCUT2D eigenvalue weighted by Gasteiger charge is 2.18. The van der Waals surface area contributed by atoms with Crippen LogP contribution < -0.4 is 5.32 Å². The van der Waals surface area contributed by atoms with Gasteiger partial charge in [-0.2, -0.15) is 0 Å². The monoisotopic (exact) mass is 275 g/mol. The molecule has 0 fully saturated rings. The molecule has 0 radical (unpaired) electrons. The maximum absolute atomic E-state index is 11.3. The van der Waals surface area contributed by atoms with Crippen LogP contribution in [0.15, 0.2) is 36.4 Å². The van der Waals surface area contributed by atoms with Gasteiger partial charge in [0.25, 0.3) is 0 Å². The smallest absolute Gasteiger partial charge is 0.325 e. The summed E-state index contributed by atoms with van der Waals surface area (Å²) in [7, 11) is 0. The lowest BCUT2D eigenvalue weighted by Gasteiger charge is -2.14. The minimum Gasteiger partial charge on any atom is -0.480 e. The van der Waals surface area contributed by atoms with E-state index in [9.17, 15) is 9.90 Å². The molecular weight excluding hydrogens is 258 g/mol. The van der Waals surface area contributed by atoms with Crippen molar-refractivity contribution in [2.24, 2.45) is 0 Å². The van der Waals surface area contributed by atoms with Crippen molar-refractivity contribution in [3.05, 3.63) is 57.3 Å². The van der Waals surface area contributed by atoms with Crippen molar-refractivity contribution in [2.45, 2.75) is 26.4 Å². The molecule has 1 unspecified atom stereocenters. The Hall–Kier alpha value is -1.65. The fourth-order valence-electron chi connectivity index (χ4n) is 1.93. The van der Waals surface area contributed by atoms with E-state index in [0.717, 1.165) is 10.4 Å². The molecule has 1 aromatic carbocycles. The van der Waals surface area contributed by atoms with Crippen LogP contribution in [0.3, 0.4) is 0 Å². The molecule has 4 heteroatoms. The maximum Gasteiger partial charge on any atom is 0.325 e. The van der Waals surface area contributed by atoms with E-state index in [1.165, 1.54) is 10.4 Å². The second-order valence-electron chi connectivity index (χ2n) is 4.51. The van der Waals surface area contributed by atoms with E-state index < -0.39 is 12.0 Å². The van der Waals surface area contributed by atoms with Gasteiger partial charge >= 0.3 is 5.97 Å². The van der Waals surface area contributed by atoms with E-state index in [4.69, 9.17) is 0 Å². The van der Waals surface area contributed by atoms with E-state index >= 15 is 0 Å². The van der Waals surface area contributed by atoms with Crippen LogP contribution in [0.1, 0.15) is 26.9 Å². The molecule has 1 atom stereocenters. The van der Waals surface area contributed by atoms with Crippen LogP contribution in [0, 0.1) is 13.8 Å². The molecular formula is C15H17NO2S. The lowest BCUT2D eigenvalue weighted by molar-refractivity contribution is -0.139. The summed E-state index contributed by atoms with van der Waals surface area (Å²) in [5.74, 6) is -0.851. The van der Waals surface area contributed by atoms with E-state index in [-0.39, 0.29) is 0 Å². The van der Waals surface area contributed by atoms with Gasteiger partial charge in [0.15, 0.2) is 0 Å². The Morgan fingerprint density at radius 1 is 1.32 bits per heavy atom. The highest BCUT2D eigenvalue weighted by atomic mass is 32.1. The maximum atomic E-state index is 11.3. The third kappa shape index (κ3) is 3.43. The van der Waals surface area contributed by atoms with Crippen molar-refractivity contribution in [3.63, 3.8) is 0 Å². The van der Waals surface area contributed by atoms with Crippen LogP contribution in [-0.4, -0.2) is 11.1 Å². The Bertz CT molecular complexity index is 543. The SMILES string of the molecule is Cc1cc(CNC(C(=O)O)c2ccccc2)sc1C. The second kappa shape index (κ2) is 5.99. The third-order valence-corrected chi connectivity index (χ3v) is 4.23. The normalized spacial score (nSPS) is 12.3. The fraction of sp³-hybridized carbons (Fsp3) is 0.267. The Morgan fingerprint density at radius 2 is 2.00 bits per heavy atom. The van der Waals surface area contributed by atoms with E-state index in [1.807, 2.05) is 30.3 Å². The average Bonchev–Trinajstić information content (AvgIpc) is 2.70. The summed E-state index contributed by atoms with van der Waals surface area (Å²) in [6, 6.07) is 10.7. The highest BCUT2D eigenvalue weighted by molar-refractivity contribution is 7.12. The van der Waals surface area contributed by atoms with Gasteiger partial charge in [-0.25, -0.2) is 0 Å². The van der Waals surface area contributed by atoms with E-state index in [1.54, 1.807) is 11.3 Å². The molecule has 0 saturated carbocycles. The van der Waals surface area contributed by atoms with Gasteiger partial charge in [-0.05, 0) is 31.0 Å². The molecule has 1 aromatic heterocycles. The Morgan fingerprint density at radius 3 is 2.53 bits per heavy atom. The zero-order valence-corrected chi connectivity index (χ0v) is 11.8. The minimum atomic E-state index is -0.851. The van der Waals surface area contributed by atoms with Crippen molar-refractivity contribution < 1.29 is 9.90 Å². The van der Waals surface area contributed by atoms with Gasteiger partial charge in [0, 0.05) is 16.3 Å². The number of hydrogen-bond acceptors (Lipinski definition) is 3. The Labute approximate surface area is 116 Å². The molecule has 0 spiro atoms. The molecule has 0 bridgehead atoms. The van der Waals surface area contributed by atoms with Gasteiger partial charge in [0.2, 0.25) is 0 Å². The summed E-state index contributed by atoms with van der Waals surface area (Å²) >= 11 is 1.71. The van der Waals surface area contributed by atoms with E-state index in [0.29, 0.717) is 6.54 Å². The fourth-order valence-corrected chi connectivity index (χ4v) is 2.94. The molecule has 100 valence electrons. The number of aliphatic carboxylic acids is 1. The summed E-state index contributed by atoms with van der Waals surface area (Å²) in [5.41, 5.74) is 2.04. The highest BCUT2D eigenvalue weighted by Crippen LogP contribution is 2.21. The van der Waals surface area contributed by atoms with Gasteiger partial charge in [0.1, 0.15) is 6.04 Å². The topological polar surface area (TPSA) is 49.3 Å². The predicted molar refractivity (Wildman–Crippen MR) is 77.5 cm³/mol. The van der Waals surface area contributed by atoms with E-state index in [2.05, 4.69) is 25.2 Å². The van der Waals surface area contributed by atoms with Crippen LogP contribution in [0.25, 0.3) is 0 Å². The molecule has 3 nitrogen and oxygen atoms in total. The molecule has 0 aliphatic heterocycles. The van der Waals surface area contributed by atoms with Crippen LogP contribution in [0.4, 0.5) is 0 Å². The summed E-state index contributed by atoms with van der Waals surface area (Å²) in [6.07, 6.45) is 0. The van der Waals surface area contributed by atoms with Crippen molar-refractivity contribution in [1.29, 1.82) is 0 Å². The number of carbonyl (C=O) groups is 1. The first kappa shape index (κ1) is 13.8. The van der Waals surface area contributed by atoms with Gasteiger partial charge in [-0.3, -0.25) is 10.1 Å². The van der Waals surface area contributed by atoms with Crippen molar-refractivity contribution >= 4 is 17.3 Å². The molecule has 0 saturated heterocycles. The summed E-state index contributed by atoms with van der Waals surface area (Å²) in [6.45, 7) is 4.72. The summed E-state index contributed by atoms with van der Waals surface area (Å²) in [5, 5.41) is 12.4. The number of thiophene rings is 1. The Kier molecular flexibility index (Phi) is 4.35. The minimum absolute atomic E-state index is 0.575. The van der Waals surface area contributed by atoms with Crippen molar-refractivity contribution in [1.82, 2.24) is 5.32 Å². The first-order chi connectivity index (χ1) is 9.08. The van der Waals surface area contributed by atoms with Gasteiger partial charge in [-0.1, -0.05) is 30.3 Å². The van der Waals surface area contributed by atoms with Crippen LogP contribution in [0.2, 0.25) is 0 Å². The van der Waals surface area contributed by atoms with Crippen molar-refractivity contribution in [2.75, 3.05) is 0 Å². The number of nitrogens with one attached hydrogen (secondary N) is 1. The summed E-state index contributed by atoms with van der Waals surface area (Å²) in [4.78, 5) is 13.8. The van der Waals surface area contributed by atoms with Gasteiger partial charge < -0.3 is 5.11 Å². The molecule has 2 aromatic rings. The van der Waals surface area contributed by atoms with Gasteiger partial charge in [0.05, 0.1) is 0 Å². The molecule has 2 N–H and O–H groups in total. The average molecular weight is 275 g/mol. The first-order valence-electron chi connectivity index (χ1n) is 6.15. The largest absolute Gasteiger partial charge is 0.480 e. The summed E-state index contributed by atoms with van der Waals surface area (Å²) < 4.78 is 0. The van der Waals surface area contributed by atoms with Crippen LogP contribution in [0.5, 0.6) is 0 Å². The molecule has 1 heterocycles. The molecule has 0 amide bonds. The molecule has 2 rings (SSSR count). The number of benzene rings is 1.